The molecule has 5 rings (SSSR count). The summed E-state index contributed by atoms with van der Waals surface area (Å²) in [5, 5.41) is 7.34. The molecule has 3 heterocycles. The molecule has 1 spiro atoms. The van der Waals surface area contributed by atoms with Gasteiger partial charge in [0.15, 0.2) is 0 Å². The molecular formula is C23H30N4O2. The highest BCUT2D eigenvalue weighted by Crippen LogP contribution is 2.41. The lowest BCUT2D eigenvalue weighted by Crippen LogP contribution is -2.46. The van der Waals surface area contributed by atoms with Crippen LogP contribution < -0.4 is 4.74 Å². The summed E-state index contributed by atoms with van der Waals surface area (Å²) in [7, 11) is 1.65. The molecule has 0 bridgehead atoms. The van der Waals surface area contributed by atoms with E-state index < -0.39 is 0 Å². The molecule has 1 N–H and O–H groups in total. The van der Waals surface area contributed by atoms with Crippen LogP contribution in [0.15, 0.2) is 30.3 Å². The standard InChI is InChI=1S/C23H30N4O2/c1-29-21-6-3-2-5-18(21)19-13-20(25-24-19)22(28)27-12-10-23(16-27)9-4-11-26(15-23)14-17-7-8-17/h2-3,5-6,13,17H,4,7-12,14-16H2,1H3,(H,24,25)/t23-/m1/s1. The first-order chi connectivity index (χ1) is 14.2. The van der Waals surface area contributed by atoms with Gasteiger partial charge in [0.2, 0.25) is 0 Å². The van der Waals surface area contributed by atoms with Crippen LogP contribution >= 0.6 is 0 Å². The second-order valence-electron chi connectivity index (χ2n) is 9.13. The summed E-state index contributed by atoms with van der Waals surface area (Å²) in [5.41, 5.74) is 2.49. The number of nitrogens with zero attached hydrogens (tertiary/aromatic N) is 3. The maximum atomic E-state index is 13.2. The number of amides is 1. The highest BCUT2D eigenvalue weighted by atomic mass is 16.5. The van der Waals surface area contributed by atoms with Crippen molar-refractivity contribution in [2.45, 2.75) is 32.1 Å². The molecule has 154 valence electrons. The lowest BCUT2D eigenvalue weighted by molar-refractivity contribution is 0.0677. The van der Waals surface area contributed by atoms with Gasteiger partial charge in [0.25, 0.3) is 5.91 Å². The molecule has 1 atom stereocenters. The fourth-order valence-electron chi connectivity index (χ4n) is 5.17. The van der Waals surface area contributed by atoms with Gasteiger partial charge in [-0.15, -0.1) is 0 Å². The molecule has 2 saturated heterocycles. The number of aromatic nitrogens is 2. The van der Waals surface area contributed by atoms with Crippen LogP contribution in [-0.4, -0.2) is 65.7 Å². The third-order valence-corrected chi connectivity index (χ3v) is 6.87. The monoisotopic (exact) mass is 394 g/mol. The summed E-state index contributed by atoms with van der Waals surface area (Å²) in [6.07, 6.45) is 6.43. The number of piperidine rings is 1. The Labute approximate surface area is 172 Å². The van der Waals surface area contributed by atoms with E-state index in [9.17, 15) is 4.79 Å². The average molecular weight is 395 g/mol. The van der Waals surface area contributed by atoms with Gasteiger partial charge in [0, 0.05) is 37.2 Å². The number of H-pyrrole nitrogens is 1. The van der Waals surface area contributed by atoms with Crippen molar-refractivity contribution in [2.24, 2.45) is 11.3 Å². The zero-order valence-corrected chi connectivity index (χ0v) is 17.2. The number of hydrogen-bond donors (Lipinski definition) is 1. The van der Waals surface area contributed by atoms with Gasteiger partial charge in [0.1, 0.15) is 11.4 Å². The van der Waals surface area contributed by atoms with Crippen molar-refractivity contribution in [2.75, 3.05) is 39.8 Å². The van der Waals surface area contributed by atoms with E-state index in [0.717, 1.165) is 49.0 Å². The van der Waals surface area contributed by atoms with Crippen molar-refractivity contribution in [3.8, 4) is 17.0 Å². The van der Waals surface area contributed by atoms with Crippen LogP contribution in [0.2, 0.25) is 0 Å². The molecule has 1 aromatic carbocycles. The Morgan fingerprint density at radius 1 is 1.24 bits per heavy atom. The maximum Gasteiger partial charge on any atom is 0.271 e. The number of rotatable bonds is 5. The Balaban J connectivity index is 1.27. The van der Waals surface area contributed by atoms with Gasteiger partial charge in [-0.05, 0) is 62.8 Å². The minimum atomic E-state index is 0.0647. The molecular weight excluding hydrogens is 364 g/mol. The van der Waals surface area contributed by atoms with Crippen LogP contribution in [-0.2, 0) is 0 Å². The maximum absolute atomic E-state index is 13.2. The number of benzene rings is 1. The molecule has 2 aromatic rings. The van der Waals surface area contributed by atoms with E-state index in [2.05, 4.69) is 15.1 Å². The number of aromatic amines is 1. The Hall–Kier alpha value is -2.34. The van der Waals surface area contributed by atoms with Crippen molar-refractivity contribution in [1.29, 1.82) is 0 Å². The van der Waals surface area contributed by atoms with Crippen molar-refractivity contribution in [1.82, 2.24) is 20.0 Å². The minimum Gasteiger partial charge on any atom is -0.496 e. The summed E-state index contributed by atoms with van der Waals surface area (Å²) in [6.45, 7) is 5.37. The minimum absolute atomic E-state index is 0.0647. The number of ether oxygens (including phenoxy) is 1. The number of carbonyl (C=O) groups is 1. The van der Waals surface area contributed by atoms with Gasteiger partial charge in [-0.1, -0.05) is 12.1 Å². The highest BCUT2D eigenvalue weighted by molar-refractivity contribution is 5.93. The van der Waals surface area contributed by atoms with E-state index in [1.807, 2.05) is 35.2 Å². The van der Waals surface area contributed by atoms with E-state index in [1.165, 1.54) is 38.8 Å². The van der Waals surface area contributed by atoms with Crippen LogP contribution in [0.4, 0.5) is 0 Å². The third kappa shape index (κ3) is 3.78. The SMILES string of the molecule is COc1ccccc1-c1cc(C(=O)N2CC[C@@]3(CCCN(CC4CC4)C3)C2)[nH]n1. The van der Waals surface area contributed by atoms with Crippen molar-refractivity contribution >= 4 is 5.91 Å². The number of nitrogens with one attached hydrogen (secondary N) is 1. The van der Waals surface area contributed by atoms with Crippen LogP contribution in [0, 0.1) is 11.3 Å². The van der Waals surface area contributed by atoms with Gasteiger partial charge < -0.3 is 14.5 Å². The van der Waals surface area contributed by atoms with Crippen LogP contribution in [0.25, 0.3) is 11.3 Å². The summed E-state index contributed by atoms with van der Waals surface area (Å²) in [5.74, 6) is 1.76. The van der Waals surface area contributed by atoms with Gasteiger partial charge in [-0.3, -0.25) is 9.89 Å². The van der Waals surface area contributed by atoms with Gasteiger partial charge >= 0.3 is 0 Å². The molecule has 1 aliphatic carbocycles. The van der Waals surface area contributed by atoms with E-state index >= 15 is 0 Å². The highest BCUT2D eigenvalue weighted by Gasteiger charge is 2.43. The molecule has 3 aliphatic rings. The number of para-hydroxylation sites is 1. The van der Waals surface area contributed by atoms with Crippen LogP contribution in [0.3, 0.4) is 0 Å². The van der Waals surface area contributed by atoms with Gasteiger partial charge in [-0.25, -0.2) is 0 Å². The Morgan fingerprint density at radius 2 is 2.10 bits per heavy atom. The Kier molecular flexibility index (Phi) is 4.82. The molecule has 1 amide bonds. The predicted octanol–water partition coefficient (Wildman–Crippen LogP) is 3.42. The summed E-state index contributed by atoms with van der Waals surface area (Å²) < 4.78 is 5.43. The first kappa shape index (κ1) is 18.7. The van der Waals surface area contributed by atoms with Crippen molar-refractivity contribution in [3.05, 3.63) is 36.0 Å². The average Bonchev–Trinajstić information content (AvgIpc) is 3.26. The van der Waals surface area contributed by atoms with E-state index in [1.54, 1.807) is 7.11 Å². The largest absolute Gasteiger partial charge is 0.496 e. The number of likely N-dealkylation sites (tertiary alicyclic amines) is 2. The zero-order chi connectivity index (χ0) is 19.8. The predicted molar refractivity (Wildman–Crippen MR) is 112 cm³/mol. The number of methoxy groups -OCH3 is 1. The summed E-state index contributed by atoms with van der Waals surface area (Å²) in [4.78, 5) is 17.8. The smallest absolute Gasteiger partial charge is 0.271 e. The third-order valence-electron chi connectivity index (χ3n) is 6.87. The van der Waals surface area contributed by atoms with E-state index in [0.29, 0.717) is 5.69 Å². The fraction of sp³-hybridized carbons (Fsp3) is 0.565. The Bertz CT molecular complexity index is 891. The lowest BCUT2D eigenvalue weighted by Gasteiger charge is -2.40. The second-order valence-corrected chi connectivity index (χ2v) is 9.13. The number of carbonyl (C=O) groups excluding carboxylic acids is 1. The molecule has 0 radical (unpaired) electrons. The van der Waals surface area contributed by atoms with Gasteiger partial charge in [-0.2, -0.15) is 5.10 Å². The summed E-state index contributed by atoms with van der Waals surface area (Å²) >= 11 is 0. The molecule has 6 heteroatoms. The topological polar surface area (TPSA) is 61.5 Å². The first-order valence-corrected chi connectivity index (χ1v) is 10.9. The molecule has 6 nitrogen and oxygen atoms in total. The van der Waals surface area contributed by atoms with Crippen molar-refractivity contribution < 1.29 is 9.53 Å². The molecule has 1 aromatic heterocycles. The zero-order valence-electron chi connectivity index (χ0n) is 17.2. The molecule has 2 aliphatic heterocycles. The molecule has 0 unspecified atom stereocenters. The fourth-order valence-corrected chi connectivity index (χ4v) is 5.17. The quantitative estimate of drug-likeness (QED) is 0.844. The second kappa shape index (κ2) is 7.48. The first-order valence-electron chi connectivity index (χ1n) is 10.9. The lowest BCUT2D eigenvalue weighted by atomic mass is 9.79. The molecule has 29 heavy (non-hydrogen) atoms. The van der Waals surface area contributed by atoms with Crippen molar-refractivity contribution in [3.63, 3.8) is 0 Å². The van der Waals surface area contributed by atoms with Gasteiger partial charge in [0.05, 0.1) is 12.8 Å². The Morgan fingerprint density at radius 3 is 2.93 bits per heavy atom. The molecule has 3 fully saturated rings. The normalized spacial score (nSPS) is 24.9. The molecule has 1 saturated carbocycles. The van der Waals surface area contributed by atoms with E-state index in [-0.39, 0.29) is 11.3 Å². The van der Waals surface area contributed by atoms with E-state index in [4.69, 9.17) is 4.74 Å². The van der Waals surface area contributed by atoms with Crippen LogP contribution in [0.1, 0.15) is 42.6 Å². The summed E-state index contributed by atoms with van der Waals surface area (Å²) in [6, 6.07) is 9.61. The number of hydrogen-bond acceptors (Lipinski definition) is 4. The van der Waals surface area contributed by atoms with Crippen LogP contribution in [0.5, 0.6) is 5.75 Å².